The van der Waals surface area contributed by atoms with Crippen LogP contribution in [0.5, 0.6) is 5.75 Å². The van der Waals surface area contributed by atoms with Crippen LogP contribution in [-0.2, 0) is 11.8 Å². The molecule has 9 nitrogen and oxygen atoms in total. The van der Waals surface area contributed by atoms with Gasteiger partial charge in [0, 0.05) is 19.0 Å². The number of primary amides is 1. The van der Waals surface area contributed by atoms with Crippen molar-refractivity contribution >= 4 is 11.8 Å². The van der Waals surface area contributed by atoms with Crippen molar-refractivity contribution in [3.8, 4) is 11.4 Å². The van der Waals surface area contributed by atoms with E-state index in [2.05, 4.69) is 10.4 Å². The van der Waals surface area contributed by atoms with Crippen molar-refractivity contribution in [3.63, 3.8) is 0 Å². The monoisotopic (exact) mass is 449 g/mol. The largest absolute Gasteiger partial charge is 0.490 e. The van der Waals surface area contributed by atoms with Gasteiger partial charge in [-0.1, -0.05) is 34.1 Å². The molecule has 2 amide bonds. The molecule has 0 aliphatic heterocycles. The molecule has 1 aromatic carbocycles. The number of amides is 2. The minimum Gasteiger partial charge on any atom is -0.490 e. The van der Waals surface area contributed by atoms with Crippen molar-refractivity contribution in [2.45, 2.75) is 71.9 Å². The Hall–Kier alpha value is -3.17. The predicted octanol–water partition coefficient (Wildman–Crippen LogP) is 2.39. The van der Waals surface area contributed by atoms with E-state index < -0.39 is 29.4 Å². The van der Waals surface area contributed by atoms with Crippen molar-refractivity contribution in [3.05, 3.63) is 39.8 Å². The Morgan fingerprint density at radius 2 is 1.91 bits per heavy atom. The molecule has 32 heavy (non-hydrogen) atoms. The highest BCUT2D eigenvalue weighted by Crippen LogP contribution is 2.27. The minimum atomic E-state index is -0.904. The number of nitrogens with zero attached hydrogens (tertiary/aromatic N) is 3. The number of rotatable bonds is 10. The van der Waals surface area contributed by atoms with Gasteiger partial charge in [-0.15, -0.1) is 5.10 Å². The normalized spacial score (nSPS) is 13.1. The summed E-state index contributed by atoms with van der Waals surface area (Å²) in [6.45, 7) is 9.26. The zero-order chi connectivity index (χ0) is 24.2. The number of ether oxygens (including phenoxy) is 1. The van der Waals surface area contributed by atoms with Crippen molar-refractivity contribution in [1.82, 2.24) is 19.7 Å². The van der Waals surface area contributed by atoms with Gasteiger partial charge in [0.2, 0.25) is 5.91 Å². The van der Waals surface area contributed by atoms with E-state index in [0.717, 1.165) is 17.2 Å². The van der Waals surface area contributed by atoms with E-state index in [9.17, 15) is 14.4 Å². The summed E-state index contributed by atoms with van der Waals surface area (Å²) in [6.07, 6.45) is 1.56. The molecule has 176 valence electrons. The van der Waals surface area contributed by atoms with Crippen molar-refractivity contribution in [1.29, 1.82) is 0 Å². The Balaban J connectivity index is 2.61. The maximum atomic E-state index is 15.1. The summed E-state index contributed by atoms with van der Waals surface area (Å²) in [5.74, 6) is -1.69. The first-order valence-electron chi connectivity index (χ1n) is 10.8. The first-order valence-corrected chi connectivity index (χ1v) is 10.8. The summed E-state index contributed by atoms with van der Waals surface area (Å²) in [5, 5.41) is 6.77. The van der Waals surface area contributed by atoms with Gasteiger partial charge in [-0.25, -0.2) is 9.18 Å². The van der Waals surface area contributed by atoms with Gasteiger partial charge in [-0.2, -0.15) is 4.68 Å². The molecule has 0 aliphatic rings. The van der Waals surface area contributed by atoms with E-state index in [4.69, 9.17) is 10.5 Å². The molecule has 2 rings (SSSR count). The average molecular weight is 450 g/mol. The summed E-state index contributed by atoms with van der Waals surface area (Å²) in [6, 6.07) is 1.38. The van der Waals surface area contributed by atoms with Crippen LogP contribution in [0.3, 0.4) is 0 Å². The minimum absolute atomic E-state index is 0.0536. The lowest BCUT2D eigenvalue weighted by Gasteiger charge is -2.19. The second kappa shape index (κ2) is 10.4. The number of benzene rings is 1. The van der Waals surface area contributed by atoms with E-state index in [0.29, 0.717) is 12.2 Å². The standard InChI is InChI=1S/C22H32FN5O4/c1-7-9-13(5)32-18-11-17(28-22(31)27(6)20(26-28)12(3)4)15(23)10-14(18)21(30)25-16(8-2)19(24)29/h10-13,16H,7-9H2,1-6H3,(H2,24,29)(H,25,30). The lowest BCUT2D eigenvalue weighted by atomic mass is 10.1. The first kappa shape index (κ1) is 25.1. The Morgan fingerprint density at radius 1 is 1.25 bits per heavy atom. The summed E-state index contributed by atoms with van der Waals surface area (Å²) in [4.78, 5) is 37.1. The molecular formula is C22H32FN5O4. The van der Waals surface area contributed by atoms with E-state index in [-0.39, 0.29) is 35.4 Å². The number of hydrogen-bond acceptors (Lipinski definition) is 5. The third-order valence-electron chi connectivity index (χ3n) is 5.13. The highest BCUT2D eigenvalue weighted by molar-refractivity contribution is 5.99. The average Bonchev–Trinajstić information content (AvgIpc) is 3.01. The number of hydrogen-bond donors (Lipinski definition) is 2. The third kappa shape index (κ3) is 5.35. The molecule has 1 heterocycles. The van der Waals surface area contributed by atoms with Gasteiger partial charge < -0.3 is 15.8 Å². The highest BCUT2D eigenvalue weighted by atomic mass is 19.1. The highest BCUT2D eigenvalue weighted by Gasteiger charge is 2.25. The summed E-state index contributed by atoms with van der Waals surface area (Å²) < 4.78 is 23.4. The number of carbonyl (C=O) groups is 2. The summed E-state index contributed by atoms with van der Waals surface area (Å²) in [7, 11) is 1.57. The van der Waals surface area contributed by atoms with E-state index in [1.54, 1.807) is 14.0 Å². The Morgan fingerprint density at radius 3 is 2.41 bits per heavy atom. The number of halogens is 1. The summed E-state index contributed by atoms with van der Waals surface area (Å²) in [5.41, 5.74) is 4.57. The molecule has 0 radical (unpaired) electrons. The molecule has 3 N–H and O–H groups in total. The Kier molecular flexibility index (Phi) is 8.18. The van der Waals surface area contributed by atoms with Crippen molar-refractivity contribution in [2.24, 2.45) is 12.8 Å². The van der Waals surface area contributed by atoms with Crippen LogP contribution in [0, 0.1) is 5.82 Å². The quantitative estimate of drug-likeness (QED) is 0.577. The molecule has 0 fully saturated rings. The fourth-order valence-electron chi connectivity index (χ4n) is 3.38. The van der Waals surface area contributed by atoms with Crippen LogP contribution < -0.4 is 21.5 Å². The van der Waals surface area contributed by atoms with Gasteiger partial charge in [0.05, 0.1) is 11.7 Å². The molecule has 0 spiro atoms. The maximum absolute atomic E-state index is 15.1. The molecule has 10 heteroatoms. The third-order valence-corrected chi connectivity index (χ3v) is 5.13. The lowest BCUT2D eigenvalue weighted by molar-refractivity contribution is -0.119. The van der Waals surface area contributed by atoms with Crippen LogP contribution in [-0.4, -0.2) is 38.3 Å². The number of nitrogens with two attached hydrogens (primary N) is 1. The van der Waals surface area contributed by atoms with Gasteiger partial charge in [0.15, 0.2) is 0 Å². The van der Waals surface area contributed by atoms with Crippen molar-refractivity contribution < 1.29 is 18.7 Å². The molecule has 0 aliphatic carbocycles. The molecule has 0 saturated heterocycles. The Labute approximate surface area is 186 Å². The molecule has 2 atom stereocenters. The topological polar surface area (TPSA) is 121 Å². The molecular weight excluding hydrogens is 417 g/mol. The first-order chi connectivity index (χ1) is 15.0. The zero-order valence-electron chi connectivity index (χ0n) is 19.4. The fourth-order valence-corrected chi connectivity index (χ4v) is 3.38. The lowest BCUT2D eigenvalue weighted by Crippen LogP contribution is -2.44. The Bertz CT molecular complexity index is 1040. The van der Waals surface area contributed by atoms with E-state index >= 15 is 4.39 Å². The number of carbonyl (C=O) groups excluding carboxylic acids is 2. The second-order valence-electron chi connectivity index (χ2n) is 8.12. The summed E-state index contributed by atoms with van der Waals surface area (Å²) >= 11 is 0. The van der Waals surface area contributed by atoms with Crippen molar-refractivity contribution in [2.75, 3.05) is 0 Å². The van der Waals surface area contributed by atoms with Gasteiger partial charge in [-0.3, -0.25) is 14.2 Å². The van der Waals surface area contributed by atoms with Gasteiger partial charge in [0.25, 0.3) is 5.91 Å². The number of nitrogens with one attached hydrogen (secondary N) is 1. The van der Waals surface area contributed by atoms with Crippen LogP contribution in [0.2, 0.25) is 0 Å². The zero-order valence-corrected chi connectivity index (χ0v) is 19.4. The SMILES string of the molecule is CCCC(C)Oc1cc(-n2nc(C(C)C)n(C)c2=O)c(F)cc1C(=O)NC(CC)C(N)=O. The van der Waals surface area contributed by atoms with Gasteiger partial charge >= 0.3 is 5.69 Å². The van der Waals surface area contributed by atoms with Gasteiger partial charge in [0.1, 0.15) is 29.1 Å². The molecule has 1 aromatic heterocycles. The fraction of sp³-hybridized carbons (Fsp3) is 0.545. The van der Waals surface area contributed by atoms with Crippen LogP contribution in [0.1, 0.15) is 76.0 Å². The van der Waals surface area contributed by atoms with Crippen LogP contribution >= 0.6 is 0 Å². The molecule has 0 bridgehead atoms. The smallest absolute Gasteiger partial charge is 0.350 e. The second-order valence-corrected chi connectivity index (χ2v) is 8.12. The van der Waals surface area contributed by atoms with E-state index in [1.807, 2.05) is 27.7 Å². The van der Waals surface area contributed by atoms with Crippen LogP contribution in [0.25, 0.3) is 5.69 Å². The van der Waals surface area contributed by atoms with Crippen LogP contribution in [0.4, 0.5) is 4.39 Å². The van der Waals surface area contributed by atoms with Crippen LogP contribution in [0.15, 0.2) is 16.9 Å². The van der Waals surface area contributed by atoms with E-state index in [1.165, 1.54) is 10.6 Å². The molecule has 2 aromatic rings. The number of aromatic nitrogens is 3. The maximum Gasteiger partial charge on any atom is 0.350 e. The molecule has 2 unspecified atom stereocenters. The predicted molar refractivity (Wildman–Crippen MR) is 119 cm³/mol. The molecule has 0 saturated carbocycles. The van der Waals surface area contributed by atoms with Gasteiger partial charge in [-0.05, 0) is 25.8 Å².